The van der Waals surface area contributed by atoms with Gasteiger partial charge < -0.3 is 10.2 Å². The molecule has 1 aliphatic heterocycles. The first-order chi connectivity index (χ1) is 10.6. The molecule has 3 rings (SSSR count). The number of amides is 2. The normalized spacial score (nSPS) is 12.9. The average molecular weight is 294 g/mol. The van der Waals surface area contributed by atoms with Gasteiger partial charge in [0.1, 0.15) is 0 Å². The number of para-hydroxylation sites is 1. The van der Waals surface area contributed by atoms with Crippen LogP contribution in [0.4, 0.5) is 11.4 Å². The van der Waals surface area contributed by atoms with E-state index in [9.17, 15) is 9.59 Å². The summed E-state index contributed by atoms with van der Waals surface area (Å²) in [4.78, 5) is 25.8. The van der Waals surface area contributed by atoms with Crippen molar-refractivity contribution in [1.82, 2.24) is 0 Å². The second-order valence-electron chi connectivity index (χ2n) is 5.45. The van der Waals surface area contributed by atoms with Gasteiger partial charge in [0.25, 0.3) is 0 Å². The molecule has 2 amide bonds. The second-order valence-corrected chi connectivity index (χ2v) is 5.45. The van der Waals surface area contributed by atoms with Gasteiger partial charge in [0.15, 0.2) is 0 Å². The lowest BCUT2D eigenvalue weighted by molar-refractivity contribution is -0.118. The first-order valence-corrected chi connectivity index (χ1v) is 7.39. The van der Waals surface area contributed by atoms with Crippen LogP contribution < -0.4 is 10.2 Å². The smallest absolute Gasteiger partial charge is 0.231 e. The lowest BCUT2D eigenvalue weighted by Gasteiger charge is -2.20. The van der Waals surface area contributed by atoms with Gasteiger partial charge in [0, 0.05) is 13.5 Å². The van der Waals surface area contributed by atoms with Crippen LogP contribution in [0.15, 0.2) is 48.5 Å². The van der Waals surface area contributed by atoms with E-state index in [0.29, 0.717) is 18.7 Å². The van der Waals surface area contributed by atoms with Crippen LogP contribution >= 0.6 is 0 Å². The molecule has 1 N–H and O–H groups in total. The van der Waals surface area contributed by atoms with Gasteiger partial charge in [-0.2, -0.15) is 0 Å². The van der Waals surface area contributed by atoms with Crippen LogP contribution in [0.1, 0.15) is 18.1 Å². The summed E-state index contributed by atoms with van der Waals surface area (Å²) in [6.07, 6.45) is 1.19. The minimum atomic E-state index is -0.129. The lowest BCUT2D eigenvalue weighted by atomic mass is 10.1. The highest BCUT2D eigenvalue weighted by Crippen LogP contribution is 2.35. The molecule has 4 heteroatoms. The summed E-state index contributed by atoms with van der Waals surface area (Å²) in [5, 5.41) is 2.82. The van der Waals surface area contributed by atoms with Gasteiger partial charge in [-0.05, 0) is 23.6 Å². The SMILES string of the molecule is CC(=O)Nc1cccc2c1N(C(=O)Cc1ccccc1)CC2. The van der Waals surface area contributed by atoms with Crippen LogP contribution in [0.2, 0.25) is 0 Å². The van der Waals surface area contributed by atoms with Crippen LogP contribution in [0.25, 0.3) is 0 Å². The van der Waals surface area contributed by atoms with Gasteiger partial charge in [-0.25, -0.2) is 0 Å². The summed E-state index contributed by atoms with van der Waals surface area (Å²) in [6, 6.07) is 15.5. The van der Waals surface area contributed by atoms with E-state index in [1.165, 1.54) is 6.92 Å². The number of carbonyl (C=O) groups excluding carboxylic acids is 2. The molecule has 0 saturated heterocycles. The van der Waals surface area contributed by atoms with E-state index >= 15 is 0 Å². The molecule has 1 heterocycles. The fraction of sp³-hybridized carbons (Fsp3) is 0.222. The first-order valence-electron chi connectivity index (χ1n) is 7.39. The van der Waals surface area contributed by atoms with Crippen LogP contribution in [0.3, 0.4) is 0 Å². The fourth-order valence-corrected chi connectivity index (χ4v) is 2.86. The summed E-state index contributed by atoms with van der Waals surface area (Å²) in [5.74, 6) is -0.0708. The Morgan fingerprint density at radius 1 is 1.09 bits per heavy atom. The Balaban J connectivity index is 1.87. The highest BCUT2D eigenvalue weighted by Gasteiger charge is 2.27. The van der Waals surface area contributed by atoms with Crippen molar-refractivity contribution in [2.24, 2.45) is 0 Å². The van der Waals surface area contributed by atoms with Crippen molar-refractivity contribution in [3.63, 3.8) is 0 Å². The molecule has 0 aliphatic carbocycles. The minimum Gasteiger partial charge on any atom is -0.325 e. The predicted molar refractivity (Wildman–Crippen MR) is 86.9 cm³/mol. The van der Waals surface area contributed by atoms with Crippen LogP contribution in [0.5, 0.6) is 0 Å². The molecule has 0 fully saturated rings. The molecular weight excluding hydrogens is 276 g/mol. The number of hydrogen-bond acceptors (Lipinski definition) is 2. The van der Waals surface area contributed by atoms with E-state index < -0.39 is 0 Å². The van der Waals surface area contributed by atoms with Crippen molar-refractivity contribution in [2.45, 2.75) is 19.8 Å². The Hall–Kier alpha value is -2.62. The molecule has 0 unspecified atom stereocenters. The van der Waals surface area contributed by atoms with Crippen LogP contribution in [0, 0.1) is 0 Å². The maximum Gasteiger partial charge on any atom is 0.231 e. The van der Waals surface area contributed by atoms with Gasteiger partial charge in [-0.15, -0.1) is 0 Å². The number of nitrogens with one attached hydrogen (secondary N) is 1. The van der Waals surface area contributed by atoms with Crippen molar-refractivity contribution < 1.29 is 9.59 Å². The standard InChI is InChI=1S/C18H18N2O2/c1-13(21)19-16-9-5-8-15-10-11-20(18(15)16)17(22)12-14-6-3-2-4-7-14/h2-9H,10-12H2,1H3,(H,19,21). The van der Waals surface area contributed by atoms with Gasteiger partial charge in [0.2, 0.25) is 11.8 Å². The van der Waals surface area contributed by atoms with Crippen molar-refractivity contribution in [2.75, 3.05) is 16.8 Å². The number of carbonyl (C=O) groups is 2. The summed E-state index contributed by atoms with van der Waals surface area (Å²) in [6.45, 7) is 2.14. The Kier molecular flexibility index (Phi) is 3.92. The molecule has 112 valence electrons. The Morgan fingerprint density at radius 3 is 2.59 bits per heavy atom. The molecule has 0 spiro atoms. The topological polar surface area (TPSA) is 49.4 Å². The molecule has 1 aliphatic rings. The van der Waals surface area contributed by atoms with E-state index in [2.05, 4.69) is 5.32 Å². The summed E-state index contributed by atoms with van der Waals surface area (Å²) >= 11 is 0. The molecule has 0 atom stereocenters. The molecule has 0 aromatic heterocycles. The van der Waals surface area contributed by atoms with E-state index in [4.69, 9.17) is 0 Å². The average Bonchev–Trinajstić information content (AvgIpc) is 2.93. The van der Waals surface area contributed by atoms with Crippen molar-refractivity contribution in [1.29, 1.82) is 0 Å². The zero-order valence-corrected chi connectivity index (χ0v) is 12.5. The third kappa shape index (κ3) is 2.86. The number of nitrogens with zero attached hydrogens (tertiary/aromatic N) is 1. The van der Waals surface area contributed by atoms with Gasteiger partial charge >= 0.3 is 0 Å². The summed E-state index contributed by atoms with van der Waals surface area (Å²) in [5.41, 5.74) is 3.66. The number of hydrogen-bond donors (Lipinski definition) is 1. The monoisotopic (exact) mass is 294 g/mol. The van der Waals surface area contributed by atoms with Gasteiger partial charge in [0.05, 0.1) is 17.8 Å². The number of rotatable bonds is 3. The molecular formula is C18H18N2O2. The maximum atomic E-state index is 12.6. The predicted octanol–water partition coefficient (Wildman–Crippen LogP) is 2.78. The van der Waals surface area contributed by atoms with Crippen molar-refractivity contribution >= 4 is 23.2 Å². The highest BCUT2D eigenvalue weighted by molar-refractivity contribution is 6.03. The van der Waals surface area contributed by atoms with Crippen molar-refractivity contribution in [3.8, 4) is 0 Å². The summed E-state index contributed by atoms with van der Waals surface area (Å²) in [7, 11) is 0. The Morgan fingerprint density at radius 2 is 1.86 bits per heavy atom. The molecule has 22 heavy (non-hydrogen) atoms. The Labute approximate surface area is 129 Å². The number of anilines is 2. The van der Waals surface area contributed by atoms with E-state index in [1.54, 1.807) is 4.90 Å². The number of benzene rings is 2. The van der Waals surface area contributed by atoms with E-state index in [0.717, 1.165) is 23.2 Å². The van der Waals surface area contributed by atoms with Crippen molar-refractivity contribution in [3.05, 3.63) is 59.7 Å². The number of fused-ring (bicyclic) bond motifs is 1. The first kappa shape index (κ1) is 14.3. The molecule has 0 saturated carbocycles. The second kappa shape index (κ2) is 6.02. The zero-order valence-electron chi connectivity index (χ0n) is 12.5. The third-order valence-electron chi connectivity index (χ3n) is 3.80. The quantitative estimate of drug-likeness (QED) is 0.946. The van der Waals surface area contributed by atoms with Gasteiger partial charge in [-0.3, -0.25) is 9.59 Å². The molecule has 2 aromatic rings. The fourth-order valence-electron chi connectivity index (χ4n) is 2.86. The molecule has 2 aromatic carbocycles. The molecule has 0 bridgehead atoms. The van der Waals surface area contributed by atoms with E-state index in [-0.39, 0.29) is 11.8 Å². The van der Waals surface area contributed by atoms with E-state index in [1.807, 2.05) is 48.5 Å². The van der Waals surface area contributed by atoms with Crippen LogP contribution in [-0.4, -0.2) is 18.4 Å². The molecule has 4 nitrogen and oxygen atoms in total. The minimum absolute atomic E-state index is 0.0581. The molecule has 0 radical (unpaired) electrons. The Bertz CT molecular complexity index is 710. The largest absolute Gasteiger partial charge is 0.325 e. The zero-order chi connectivity index (χ0) is 15.5. The third-order valence-corrected chi connectivity index (χ3v) is 3.80. The maximum absolute atomic E-state index is 12.6. The van der Waals surface area contributed by atoms with Crippen LogP contribution in [-0.2, 0) is 22.4 Å². The lowest BCUT2D eigenvalue weighted by Crippen LogP contribution is -2.31. The highest BCUT2D eigenvalue weighted by atomic mass is 16.2. The summed E-state index contributed by atoms with van der Waals surface area (Å²) < 4.78 is 0. The van der Waals surface area contributed by atoms with Gasteiger partial charge in [-0.1, -0.05) is 42.5 Å².